The molecule has 0 aromatic heterocycles. The van der Waals surface area contributed by atoms with Crippen LogP contribution < -0.4 is 0 Å². The van der Waals surface area contributed by atoms with Gasteiger partial charge in [0.25, 0.3) is 0 Å². The summed E-state index contributed by atoms with van der Waals surface area (Å²) in [5.41, 5.74) is 0. The molecule has 0 amide bonds. The zero-order chi connectivity index (χ0) is 9.97. The van der Waals surface area contributed by atoms with Gasteiger partial charge in [0, 0.05) is 12.6 Å². The van der Waals surface area contributed by atoms with Gasteiger partial charge in [-0.1, -0.05) is 6.42 Å². The molecule has 1 heterocycles. The molecule has 2 nitrogen and oxygen atoms in total. The van der Waals surface area contributed by atoms with Crippen LogP contribution in [-0.2, 0) is 0 Å². The van der Waals surface area contributed by atoms with E-state index in [1.165, 1.54) is 51.7 Å². The number of likely N-dealkylation sites (tertiary alicyclic amines) is 1. The van der Waals surface area contributed by atoms with Crippen LogP contribution in [0.15, 0.2) is 0 Å². The Morgan fingerprint density at radius 2 is 1.71 bits per heavy atom. The third-order valence-corrected chi connectivity index (χ3v) is 3.86. The summed E-state index contributed by atoms with van der Waals surface area (Å²) in [4.78, 5) is 5.07. The second kappa shape index (κ2) is 4.63. The summed E-state index contributed by atoms with van der Waals surface area (Å²) >= 11 is 0. The van der Waals surface area contributed by atoms with Gasteiger partial charge in [-0.2, -0.15) is 0 Å². The van der Waals surface area contributed by atoms with Gasteiger partial charge in [-0.05, 0) is 58.8 Å². The van der Waals surface area contributed by atoms with Crippen molar-refractivity contribution >= 4 is 0 Å². The SMILES string of the molecule is CN(C)CC1CCN(C2CCC2)CC1. The monoisotopic (exact) mass is 196 g/mol. The van der Waals surface area contributed by atoms with Crippen molar-refractivity contribution in [1.82, 2.24) is 9.80 Å². The second-order valence-electron chi connectivity index (χ2n) is 5.33. The van der Waals surface area contributed by atoms with Crippen molar-refractivity contribution in [1.29, 1.82) is 0 Å². The van der Waals surface area contributed by atoms with E-state index in [2.05, 4.69) is 23.9 Å². The van der Waals surface area contributed by atoms with Crippen molar-refractivity contribution in [2.45, 2.75) is 38.1 Å². The van der Waals surface area contributed by atoms with E-state index in [0.29, 0.717) is 0 Å². The van der Waals surface area contributed by atoms with Crippen molar-refractivity contribution < 1.29 is 0 Å². The van der Waals surface area contributed by atoms with Crippen LogP contribution in [0, 0.1) is 5.92 Å². The molecule has 1 aliphatic carbocycles. The van der Waals surface area contributed by atoms with Gasteiger partial charge < -0.3 is 9.80 Å². The summed E-state index contributed by atoms with van der Waals surface area (Å²) in [6.45, 7) is 4.02. The van der Waals surface area contributed by atoms with Crippen molar-refractivity contribution in [2.24, 2.45) is 5.92 Å². The Labute approximate surface area is 88.3 Å². The van der Waals surface area contributed by atoms with Gasteiger partial charge in [0.2, 0.25) is 0 Å². The van der Waals surface area contributed by atoms with E-state index in [1.54, 1.807) is 0 Å². The molecule has 0 N–H and O–H groups in total. The van der Waals surface area contributed by atoms with Crippen LogP contribution in [0.1, 0.15) is 32.1 Å². The average Bonchev–Trinajstić information content (AvgIpc) is 2.04. The van der Waals surface area contributed by atoms with E-state index in [9.17, 15) is 0 Å². The molecule has 0 unspecified atom stereocenters. The summed E-state index contributed by atoms with van der Waals surface area (Å²) in [5.74, 6) is 0.960. The summed E-state index contributed by atoms with van der Waals surface area (Å²) in [6, 6.07) is 0.968. The number of nitrogens with zero attached hydrogens (tertiary/aromatic N) is 2. The predicted octanol–water partition coefficient (Wildman–Crippen LogP) is 1.81. The molecule has 14 heavy (non-hydrogen) atoms. The van der Waals surface area contributed by atoms with Gasteiger partial charge in [-0.3, -0.25) is 0 Å². The number of piperidine rings is 1. The van der Waals surface area contributed by atoms with Crippen LogP contribution in [-0.4, -0.2) is 49.6 Å². The maximum atomic E-state index is 2.73. The average molecular weight is 196 g/mol. The number of hydrogen-bond donors (Lipinski definition) is 0. The zero-order valence-electron chi connectivity index (χ0n) is 9.71. The van der Waals surface area contributed by atoms with E-state index in [-0.39, 0.29) is 0 Å². The van der Waals surface area contributed by atoms with E-state index < -0.39 is 0 Å². The van der Waals surface area contributed by atoms with Crippen molar-refractivity contribution in [3.05, 3.63) is 0 Å². The first-order chi connectivity index (χ1) is 6.75. The lowest BCUT2D eigenvalue weighted by Crippen LogP contribution is -2.45. The van der Waals surface area contributed by atoms with Gasteiger partial charge in [0.1, 0.15) is 0 Å². The van der Waals surface area contributed by atoms with Crippen LogP contribution in [0.25, 0.3) is 0 Å². The van der Waals surface area contributed by atoms with Crippen molar-refractivity contribution in [2.75, 3.05) is 33.7 Å². The molecule has 0 spiro atoms. The van der Waals surface area contributed by atoms with E-state index in [1.807, 2.05) is 0 Å². The van der Waals surface area contributed by atoms with Crippen LogP contribution in [0.4, 0.5) is 0 Å². The molecule has 2 rings (SSSR count). The zero-order valence-corrected chi connectivity index (χ0v) is 9.71. The standard InChI is InChI=1S/C12H24N2/c1-13(2)10-11-6-8-14(9-7-11)12-4-3-5-12/h11-12H,3-10H2,1-2H3. The Bertz CT molecular complexity index is 167. The summed E-state index contributed by atoms with van der Waals surface area (Å²) in [5, 5.41) is 0. The lowest BCUT2D eigenvalue weighted by Gasteiger charge is -2.42. The first-order valence-corrected chi connectivity index (χ1v) is 6.14. The molecule has 0 aromatic rings. The Kier molecular flexibility index (Phi) is 3.45. The Morgan fingerprint density at radius 1 is 1.07 bits per heavy atom. The summed E-state index contributed by atoms with van der Waals surface area (Å²) in [7, 11) is 4.39. The van der Waals surface area contributed by atoms with Gasteiger partial charge in [0.15, 0.2) is 0 Å². The molecule has 1 saturated heterocycles. The van der Waals surface area contributed by atoms with Gasteiger partial charge in [-0.15, -0.1) is 0 Å². The van der Waals surface area contributed by atoms with Crippen LogP contribution >= 0.6 is 0 Å². The molecule has 0 radical (unpaired) electrons. The molecule has 2 heteroatoms. The quantitative estimate of drug-likeness (QED) is 0.679. The van der Waals surface area contributed by atoms with Crippen molar-refractivity contribution in [3.63, 3.8) is 0 Å². The first-order valence-electron chi connectivity index (χ1n) is 6.14. The highest BCUT2D eigenvalue weighted by atomic mass is 15.2. The normalized spacial score (nSPS) is 26.8. The largest absolute Gasteiger partial charge is 0.309 e. The van der Waals surface area contributed by atoms with Gasteiger partial charge in [-0.25, -0.2) is 0 Å². The Balaban J connectivity index is 1.69. The topological polar surface area (TPSA) is 6.48 Å². The fourth-order valence-electron chi connectivity index (χ4n) is 2.77. The molecular formula is C12H24N2. The summed E-state index contributed by atoms with van der Waals surface area (Å²) in [6.07, 6.45) is 7.27. The molecule has 0 aromatic carbocycles. The number of hydrogen-bond acceptors (Lipinski definition) is 2. The Hall–Kier alpha value is -0.0800. The number of rotatable bonds is 3. The maximum Gasteiger partial charge on any atom is 0.00952 e. The van der Waals surface area contributed by atoms with E-state index >= 15 is 0 Å². The fraction of sp³-hybridized carbons (Fsp3) is 1.00. The first kappa shape index (κ1) is 10.4. The second-order valence-corrected chi connectivity index (χ2v) is 5.33. The minimum atomic E-state index is 0.960. The minimum Gasteiger partial charge on any atom is -0.309 e. The smallest absolute Gasteiger partial charge is 0.00952 e. The summed E-state index contributed by atoms with van der Waals surface area (Å²) < 4.78 is 0. The van der Waals surface area contributed by atoms with Crippen LogP contribution in [0.5, 0.6) is 0 Å². The molecule has 82 valence electrons. The molecule has 0 bridgehead atoms. The van der Waals surface area contributed by atoms with Gasteiger partial charge in [0.05, 0.1) is 0 Å². The molecule has 2 fully saturated rings. The Morgan fingerprint density at radius 3 is 2.14 bits per heavy atom. The minimum absolute atomic E-state index is 0.960. The molecule has 2 aliphatic rings. The highest BCUT2D eigenvalue weighted by Crippen LogP contribution is 2.28. The van der Waals surface area contributed by atoms with Gasteiger partial charge >= 0.3 is 0 Å². The van der Waals surface area contributed by atoms with E-state index in [0.717, 1.165) is 12.0 Å². The maximum absolute atomic E-state index is 2.73. The fourth-order valence-corrected chi connectivity index (χ4v) is 2.77. The third-order valence-electron chi connectivity index (χ3n) is 3.86. The molecular weight excluding hydrogens is 172 g/mol. The highest BCUT2D eigenvalue weighted by molar-refractivity contribution is 4.84. The molecule has 0 atom stereocenters. The van der Waals surface area contributed by atoms with E-state index in [4.69, 9.17) is 0 Å². The third kappa shape index (κ3) is 2.48. The lowest BCUT2D eigenvalue weighted by atomic mass is 9.88. The van der Waals surface area contributed by atoms with Crippen molar-refractivity contribution in [3.8, 4) is 0 Å². The lowest BCUT2D eigenvalue weighted by molar-refractivity contribution is 0.0780. The van der Waals surface area contributed by atoms with Crippen LogP contribution in [0.2, 0.25) is 0 Å². The molecule has 1 saturated carbocycles. The molecule has 1 aliphatic heterocycles. The predicted molar refractivity (Wildman–Crippen MR) is 60.5 cm³/mol. The highest BCUT2D eigenvalue weighted by Gasteiger charge is 2.28. The van der Waals surface area contributed by atoms with Crippen LogP contribution in [0.3, 0.4) is 0 Å².